The molecule has 1 heterocycles. The topological polar surface area (TPSA) is 63.3 Å². The van der Waals surface area contributed by atoms with Crippen LogP contribution in [-0.2, 0) is 16.0 Å². The SMILES string of the molecule is COC(CNCc1cc2ccccc2[nH]c1=O)OC. The van der Waals surface area contributed by atoms with E-state index in [9.17, 15) is 4.79 Å². The second kappa shape index (κ2) is 6.47. The molecule has 1 aromatic carbocycles. The van der Waals surface area contributed by atoms with Gasteiger partial charge in [-0.25, -0.2) is 0 Å². The molecule has 0 atom stereocenters. The highest BCUT2D eigenvalue weighted by Crippen LogP contribution is 2.09. The lowest BCUT2D eigenvalue weighted by Gasteiger charge is -2.13. The number of ether oxygens (including phenoxy) is 2. The second-order valence-electron chi connectivity index (χ2n) is 4.24. The first-order valence-electron chi connectivity index (χ1n) is 6.12. The van der Waals surface area contributed by atoms with Crippen LogP contribution in [0.15, 0.2) is 35.1 Å². The van der Waals surface area contributed by atoms with Crippen LogP contribution in [0.4, 0.5) is 0 Å². The molecule has 102 valence electrons. The molecule has 19 heavy (non-hydrogen) atoms. The molecule has 0 unspecified atom stereocenters. The van der Waals surface area contributed by atoms with Crippen molar-refractivity contribution >= 4 is 10.9 Å². The van der Waals surface area contributed by atoms with Gasteiger partial charge in [0.25, 0.3) is 5.56 Å². The Hall–Kier alpha value is -1.69. The van der Waals surface area contributed by atoms with Crippen LogP contribution in [0.1, 0.15) is 5.56 Å². The minimum absolute atomic E-state index is 0.0717. The lowest BCUT2D eigenvalue weighted by atomic mass is 10.1. The van der Waals surface area contributed by atoms with E-state index in [1.165, 1.54) is 0 Å². The van der Waals surface area contributed by atoms with Crippen LogP contribution in [-0.4, -0.2) is 32.0 Å². The van der Waals surface area contributed by atoms with E-state index >= 15 is 0 Å². The Kier molecular flexibility index (Phi) is 4.68. The van der Waals surface area contributed by atoms with E-state index < -0.39 is 0 Å². The van der Waals surface area contributed by atoms with Gasteiger partial charge in [0.05, 0.1) is 0 Å². The predicted octanol–water partition coefficient (Wildman–Crippen LogP) is 1.24. The van der Waals surface area contributed by atoms with Crippen molar-refractivity contribution in [3.05, 3.63) is 46.2 Å². The number of hydrogen-bond donors (Lipinski definition) is 2. The lowest BCUT2D eigenvalue weighted by molar-refractivity contribution is -0.0989. The number of para-hydroxylation sites is 1. The van der Waals surface area contributed by atoms with Gasteiger partial charge in [-0.2, -0.15) is 0 Å². The largest absolute Gasteiger partial charge is 0.355 e. The Balaban J connectivity index is 2.08. The number of rotatable bonds is 6. The molecule has 0 aliphatic carbocycles. The van der Waals surface area contributed by atoms with Crippen LogP contribution < -0.4 is 10.9 Å². The van der Waals surface area contributed by atoms with E-state index in [2.05, 4.69) is 10.3 Å². The molecule has 0 aliphatic rings. The third-order valence-electron chi connectivity index (χ3n) is 2.98. The molecule has 0 aliphatic heterocycles. The maximum absolute atomic E-state index is 11.9. The van der Waals surface area contributed by atoms with Crippen LogP contribution in [0.5, 0.6) is 0 Å². The van der Waals surface area contributed by atoms with Gasteiger partial charge in [-0.1, -0.05) is 18.2 Å². The molecule has 0 saturated heterocycles. The second-order valence-corrected chi connectivity index (χ2v) is 4.24. The fourth-order valence-electron chi connectivity index (χ4n) is 1.91. The summed E-state index contributed by atoms with van der Waals surface area (Å²) in [5, 5.41) is 4.16. The summed E-state index contributed by atoms with van der Waals surface area (Å²) in [7, 11) is 3.16. The number of pyridine rings is 1. The van der Waals surface area contributed by atoms with Crippen molar-refractivity contribution in [3.63, 3.8) is 0 Å². The summed E-state index contributed by atoms with van der Waals surface area (Å²) < 4.78 is 10.1. The average Bonchev–Trinajstić information content (AvgIpc) is 2.44. The molecule has 2 aromatic rings. The van der Waals surface area contributed by atoms with Gasteiger partial charge in [0.1, 0.15) is 0 Å². The summed E-state index contributed by atoms with van der Waals surface area (Å²) in [6, 6.07) is 9.61. The first kappa shape index (κ1) is 13.7. The fraction of sp³-hybridized carbons (Fsp3) is 0.357. The van der Waals surface area contributed by atoms with Gasteiger partial charge in [-0.15, -0.1) is 0 Å². The molecule has 0 amide bonds. The number of nitrogens with one attached hydrogen (secondary N) is 2. The Bertz CT molecular complexity index is 591. The molecule has 0 radical (unpaired) electrons. The molecule has 0 saturated carbocycles. The fourth-order valence-corrected chi connectivity index (χ4v) is 1.91. The van der Waals surface area contributed by atoms with Crippen molar-refractivity contribution < 1.29 is 9.47 Å². The molecule has 2 N–H and O–H groups in total. The number of aromatic nitrogens is 1. The molecule has 1 aromatic heterocycles. The number of hydrogen-bond acceptors (Lipinski definition) is 4. The molecule has 0 bridgehead atoms. The number of benzene rings is 1. The van der Waals surface area contributed by atoms with E-state index in [0.717, 1.165) is 10.9 Å². The van der Waals surface area contributed by atoms with E-state index in [0.29, 0.717) is 18.7 Å². The predicted molar refractivity (Wildman–Crippen MR) is 74.1 cm³/mol. The maximum atomic E-state index is 11.9. The molecular weight excluding hydrogens is 244 g/mol. The molecule has 5 heteroatoms. The van der Waals surface area contributed by atoms with Gasteiger partial charge in [0, 0.05) is 38.4 Å². The van der Waals surface area contributed by atoms with E-state index in [1.54, 1.807) is 14.2 Å². The van der Waals surface area contributed by atoms with Crippen LogP contribution in [0, 0.1) is 0 Å². The van der Waals surface area contributed by atoms with E-state index in [4.69, 9.17) is 9.47 Å². The molecule has 0 fully saturated rings. The Labute approximate surface area is 111 Å². The first-order chi connectivity index (χ1) is 9.24. The van der Waals surface area contributed by atoms with Crippen LogP contribution in [0.2, 0.25) is 0 Å². The zero-order valence-corrected chi connectivity index (χ0v) is 11.1. The standard InChI is InChI=1S/C14H18N2O3/c1-18-13(19-2)9-15-8-11-7-10-5-3-4-6-12(10)16-14(11)17/h3-7,13,15H,8-9H2,1-2H3,(H,16,17). The van der Waals surface area contributed by atoms with Crippen molar-refractivity contribution in [1.82, 2.24) is 10.3 Å². The van der Waals surface area contributed by atoms with Crippen molar-refractivity contribution in [2.75, 3.05) is 20.8 Å². The molecule has 2 rings (SSSR count). The van der Waals surface area contributed by atoms with E-state index in [-0.39, 0.29) is 11.8 Å². The summed E-state index contributed by atoms with van der Waals surface area (Å²) in [6.45, 7) is 1.00. The van der Waals surface area contributed by atoms with Crippen LogP contribution in [0.3, 0.4) is 0 Å². The third-order valence-corrected chi connectivity index (χ3v) is 2.98. The van der Waals surface area contributed by atoms with Crippen molar-refractivity contribution in [3.8, 4) is 0 Å². The minimum atomic E-state index is -0.306. The Morgan fingerprint density at radius 2 is 2.00 bits per heavy atom. The number of aromatic amines is 1. The number of fused-ring (bicyclic) bond motifs is 1. The minimum Gasteiger partial charge on any atom is -0.355 e. The Morgan fingerprint density at radius 1 is 1.26 bits per heavy atom. The van der Waals surface area contributed by atoms with Gasteiger partial charge in [0.2, 0.25) is 0 Å². The zero-order chi connectivity index (χ0) is 13.7. The van der Waals surface area contributed by atoms with Crippen LogP contribution in [0.25, 0.3) is 10.9 Å². The van der Waals surface area contributed by atoms with Gasteiger partial charge in [-0.05, 0) is 17.5 Å². The summed E-state index contributed by atoms with van der Waals surface area (Å²) >= 11 is 0. The summed E-state index contributed by atoms with van der Waals surface area (Å²) in [5.41, 5.74) is 1.48. The Morgan fingerprint density at radius 3 is 2.74 bits per heavy atom. The highest BCUT2D eigenvalue weighted by molar-refractivity contribution is 5.78. The highest BCUT2D eigenvalue weighted by Gasteiger charge is 2.06. The van der Waals surface area contributed by atoms with E-state index in [1.807, 2.05) is 30.3 Å². The quantitative estimate of drug-likeness (QED) is 0.769. The summed E-state index contributed by atoms with van der Waals surface area (Å²) in [5.74, 6) is 0. The highest BCUT2D eigenvalue weighted by atomic mass is 16.7. The van der Waals surface area contributed by atoms with Crippen molar-refractivity contribution in [2.45, 2.75) is 12.8 Å². The zero-order valence-electron chi connectivity index (χ0n) is 11.1. The summed E-state index contributed by atoms with van der Waals surface area (Å²) in [4.78, 5) is 14.8. The third kappa shape index (κ3) is 3.41. The number of methoxy groups -OCH3 is 2. The first-order valence-corrected chi connectivity index (χ1v) is 6.12. The molecule has 0 spiro atoms. The van der Waals surface area contributed by atoms with Crippen molar-refractivity contribution in [1.29, 1.82) is 0 Å². The normalized spacial score (nSPS) is 11.3. The molecule has 5 nitrogen and oxygen atoms in total. The van der Waals surface area contributed by atoms with Gasteiger partial charge in [0.15, 0.2) is 6.29 Å². The summed E-state index contributed by atoms with van der Waals surface area (Å²) in [6.07, 6.45) is -0.306. The molecular formula is C14H18N2O3. The van der Waals surface area contributed by atoms with Gasteiger partial charge in [-0.3, -0.25) is 4.79 Å². The van der Waals surface area contributed by atoms with Crippen LogP contribution >= 0.6 is 0 Å². The smallest absolute Gasteiger partial charge is 0.252 e. The van der Waals surface area contributed by atoms with Crippen molar-refractivity contribution in [2.24, 2.45) is 0 Å². The maximum Gasteiger partial charge on any atom is 0.252 e. The number of H-pyrrole nitrogens is 1. The average molecular weight is 262 g/mol. The lowest BCUT2D eigenvalue weighted by Crippen LogP contribution is -2.31. The monoisotopic (exact) mass is 262 g/mol. The van der Waals surface area contributed by atoms with Gasteiger partial charge >= 0.3 is 0 Å². The van der Waals surface area contributed by atoms with Gasteiger partial charge < -0.3 is 19.8 Å².